The van der Waals surface area contributed by atoms with Gasteiger partial charge in [-0.25, -0.2) is 14.4 Å². The molecule has 182 valence electrons. The van der Waals surface area contributed by atoms with E-state index in [-0.39, 0.29) is 23.2 Å². The molecule has 5 rings (SSSR count). The lowest BCUT2D eigenvalue weighted by molar-refractivity contribution is 0.0903. The number of hydrogen-bond acceptors (Lipinski definition) is 6. The van der Waals surface area contributed by atoms with E-state index in [1.807, 2.05) is 25.4 Å². The highest BCUT2D eigenvalue weighted by molar-refractivity contribution is 6.30. The van der Waals surface area contributed by atoms with E-state index in [0.29, 0.717) is 22.8 Å². The minimum atomic E-state index is -0.501. The zero-order chi connectivity index (χ0) is 24.6. The van der Waals surface area contributed by atoms with Gasteiger partial charge in [0, 0.05) is 62.7 Å². The summed E-state index contributed by atoms with van der Waals surface area (Å²) in [6, 6.07) is 11.8. The fourth-order valence-corrected chi connectivity index (χ4v) is 3.71. The van der Waals surface area contributed by atoms with E-state index < -0.39 is 5.82 Å². The van der Waals surface area contributed by atoms with E-state index in [1.54, 1.807) is 35.4 Å². The Hall–Kier alpha value is -3.56. The highest BCUT2D eigenvalue weighted by Crippen LogP contribution is 2.19. The van der Waals surface area contributed by atoms with E-state index >= 15 is 0 Å². The molecule has 8 nitrogen and oxygen atoms in total. The predicted octanol–water partition coefficient (Wildman–Crippen LogP) is 4.16. The number of nitrogens with zero attached hydrogens (tertiary/aromatic N) is 5. The van der Waals surface area contributed by atoms with Crippen molar-refractivity contribution < 1.29 is 9.13 Å². The molecule has 0 spiro atoms. The second-order valence-electron chi connectivity index (χ2n) is 8.11. The minimum absolute atomic E-state index is 0.0605. The summed E-state index contributed by atoms with van der Waals surface area (Å²) < 4.78 is 22.3. The van der Waals surface area contributed by atoms with E-state index in [0.717, 1.165) is 26.1 Å². The Morgan fingerprint density at radius 1 is 1.14 bits per heavy atom. The molecule has 10 heteroatoms. The van der Waals surface area contributed by atoms with Gasteiger partial charge < -0.3 is 14.6 Å². The first-order valence-corrected chi connectivity index (χ1v) is 11.6. The summed E-state index contributed by atoms with van der Waals surface area (Å²) in [4.78, 5) is 21.4. The zero-order valence-corrected chi connectivity index (χ0v) is 20.0. The molecule has 4 heterocycles. The summed E-state index contributed by atoms with van der Waals surface area (Å²) in [6.07, 6.45) is 8.81. The first-order valence-electron chi connectivity index (χ1n) is 11.2. The number of ether oxygens (including phenoxy) is 1. The molecular formula is C25H26ClFN6O2. The molecule has 1 aliphatic heterocycles. The molecule has 1 saturated heterocycles. The van der Waals surface area contributed by atoms with Gasteiger partial charge in [-0.2, -0.15) is 5.10 Å². The maximum absolute atomic E-state index is 13.6. The average molecular weight is 497 g/mol. The van der Waals surface area contributed by atoms with Crippen molar-refractivity contribution in [1.29, 1.82) is 0 Å². The van der Waals surface area contributed by atoms with Gasteiger partial charge >= 0.3 is 0 Å². The van der Waals surface area contributed by atoms with Crippen molar-refractivity contribution in [3.63, 3.8) is 0 Å². The Bertz CT molecular complexity index is 1310. The van der Waals surface area contributed by atoms with Gasteiger partial charge in [-0.1, -0.05) is 17.7 Å². The number of hydrogen-bond donors (Lipinski definition) is 1. The Balaban J connectivity index is 0.000000421. The van der Waals surface area contributed by atoms with Crippen LogP contribution in [-0.4, -0.2) is 43.6 Å². The van der Waals surface area contributed by atoms with Crippen LogP contribution in [0.4, 0.5) is 10.3 Å². The Morgan fingerprint density at radius 3 is 2.63 bits per heavy atom. The molecule has 0 aliphatic carbocycles. The molecule has 0 amide bonds. The maximum atomic E-state index is 13.6. The highest BCUT2D eigenvalue weighted by atomic mass is 35.5. The van der Waals surface area contributed by atoms with E-state index in [9.17, 15) is 9.18 Å². The van der Waals surface area contributed by atoms with Crippen molar-refractivity contribution >= 4 is 17.5 Å². The minimum Gasteiger partial charge on any atom is -0.381 e. The van der Waals surface area contributed by atoms with Crippen molar-refractivity contribution in [2.75, 3.05) is 18.5 Å². The molecule has 1 N–H and O–H groups in total. The van der Waals surface area contributed by atoms with Gasteiger partial charge in [0.1, 0.15) is 5.82 Å². The molecule has 1 fully saturated rings. The van der Waals surface area contributed by atoms with Gasteiger partial charge in [0.05, 0.1) is 17.3 Å². The molecule has 0 saturated carbocycles. The highest BCUT2D eigenvalue weighted by Gasteiger charge is 2.15. The smallest absolute Gasteiger partial charge is 0.251 e. The lowest BCUT2D eigenvalue weighted by Gasteiger charge is -2.23. The lowest BCUT2D eigenvalue weighted by Crippen LogP contribution is -2.28. The van der Waals surface area contributed by atoms with Gasteiger partial charge in [-0.3, -0.25) is 9.48 Å². The quantitative estimate of drug-likeness (QED) is 0.446. The molecule has 0 bridgehead atoms. The summed E-state index contributed by atoms with van der Waals surface area (Å²) in [7, 11) is 1.89. The molecular weight excluding hydrogens is 471 g/mol. The van der Waals surface area contributed by atoms with E-state index in [4.69, 9.17) is 16.3 Å². The Morgan fingerprint density at radius 2 is 1.97 bits per heavy atom. The first kappa shape index (κ1) is 24.6. The van der Waals surface area contributed by atoms with Crippen LogP contribution in [0.15, 0.2) is 72.0 Å². The second-order valence-corrected chi connectivity index (χ2v) is 8.51. The largest absolute Gasteiger partial charge is 0.381 e. The third-order valence-electron chi connectivity index (χ3n) is 5.48. The number of anilines is 1. The SMILES string of the molecule is Cn1cccn1.O=c1cc(-c2ccnc(NC3CCOCC3)n2)ccn1Cc1ccc(Cl)c(F)c1. The topological polar surface area (TPSA) is 86.9 Å². The number of halogens is 2. The third kappa shape index (κ3) is 6.97. The van der Waals surface area contributed by atoms with Crippen LogP contribution in [0.2, 0.25) is 5.02 Å². The van der Waals surface area contributed by atoms with Crippen LogP contribution in [0.1, 0.15) is 18.4 Å². The molecule has 0 unspecified atom stereocenters. The Kier molecular flexibility index (Phi) is 8.23. The predicted molar refractivity (Wildman–Crippen MR) is 133 cm³/mol. The molecule has 4 aromatic rings. The fraction of sp³-hybridized carbons (Fsp3) is 0.280. The summed E-state index contributed by atoms with van der Waals surface area (Å²) in [5.74, 6) is 0.0367. The number of aromatic nitrogens is 5. The Labute approximate surface area is 207 Å². The molecule has 3 aromatic heterocycles. The van der Waals surface area contributed by atoms with Crippen LogP contribution in [0.3, 0.4) is 0 Å². The monoisotopic (exact) mass is 496 g/mol. The third-order valence-corrected chi connectivity index (χ3v) is 5.78. The van der Waals surface area contributed by atoms with Crippen LogP contribution in [-0.2, 0) is 18.3 Å². The number of pyridine rings is 1. The standard InChI is InChI=1S/C21H20ClFN4O2.C4H6N2/c22-17-2-1-14(11-18(17)23)13-27-8-4-15(12-20(27)28)19-3-7-24-21(26-19)25-16-5-9-29-10-6-16;1-6-4-2-3-5-6/h1-4,7-8,11-12,16H,5-6,9-10,13H2,(H,24,25,26);2-4H,1H3. The average Bonchev–Trinajstić information content (AvgIpc) is 3.35. The van der Waals surface area contributed by atoms with Crippen molar-refractivity contribution in [2.45, 2.75) is 25.4 Å². The van der Waals surface area contributed by atoms with Crippen molar-refractivity contribution in [2.24, 2.45) is 7.05 Å². The molecule has 0 radical (unpaired) electrons. The van der Waals surface area contributed by atoms with Crippen LogP contribution in [0, 0.1) is 5.82 Å². The van der Waals surface area contributed by atoms with Crippen LogP contribution in [0.5, 0.6) is 0 Å². The lowest BCUT2D eigenvalue weighted by atomic mass is 10.1. The summed E-state index contributed by atoms with van der Waals surface area (Å²) in [6.45, 7) is 1.72. The summed E-state index contributed by atoms with van der Waals surface area (Å²) in [5, 5.41) is 7.22. The fourth-order valence-electron chi connectivity index (χ4n) is 3.59. The number of nitrogens with one attached hydrogen (secondary N) is 1. The van der Waals surface area contributed by atoms with Crippen LogP contribution >= 0.6 is 11.6 Å². The number of rotatable bonds is 5. The van der Waals surface area contributed by atoms with Crippen molar-refractivity contribution in [3.05, 3.63) is 94.0 Å². The normalized spacial score (nSPS) is 13.7. The van der Waals surface area contributed by atoms with E-state index in [2.05, 4.69) is 20.4 Å². The summed E-state index contributed by atoms with van der Waals surface area (Å²) in [5.41, 5.74) is 1.82. The van der Waals surface area contributed by atoms with Crippen LogP contribution in [0.25, 0.3) is 11.3 Å². The van der Waals surface area contributed by atoms with Gasteiger partial charge in [0.25, 0.3) is 5.56 Å². The van der Waals surface area contributed by atoms with Crippen molar-refractivity contribution in [1.82, 2.24) is 24.3 Å². The number of aryl methyl sites for hydroxylation is 1. The van der Waals surface area contributed by atoms with Crippen LogP contribution < -0.4 is 10.9 Å². The molecule has 35 heavy (non-hydrogen) atoms. The van der Waals surface area contributed by atoms with Crippen molar-refractivity contribution in [3.8, 4) is 11.3 Å². The van der Waals surface area contributed by atoms with Gasteiger partial charge in [0.2, 0.25) is 5.95 Å². The molecule has 1 aromatic carbocycles. The second kappa shape index (κ2) is 11.7. The molecule has 1 aliphatic rings. The molecule has 0 atom stereocenters. The number of benzene rings is 1. The van der Waals surface area contributed by atoms with Gasteiger partial charge in [0.15, 0.2) is 0 Å². The van der Waals surface area contributed by atoms with Gasteiger partial charge in [-0.15, -0.1) is 0 Å². The first-order chi connectivity index (χ1) is 17.0. The van der Waals surface area contributed by atoms with E-state index in [1.165, 1.54) is 22.8 Å². The van der Waals surface area contributed by atoms with Gasteiger partial charge in [-0.05, 0) is 48.7 Å². The summed E-state index contributed by atoms with van der Waals surface area (Å²) >= 11 is 5.71. The zero-order valence-electron chi connectivity index (χ0n) is 19.3. The maximum Gasteiger partial charge on any atom is 0.251 e.